The topological polar surface area (TPSA) is 55.1 Å². The highest BCUT2D eigenvalue weighted by molar-refractivity contribution is 6.38. The lowest BCUT2D eigenvalue weighted by molar-refractivity contribution is 0.102. The highest BCUT2D eigenvalue weighted by Crippen LogP contribution is 2.34. The minimum Gasteiger partial charge on any atom is -0.434 e. The molecule has 1 amide bonds. The van der Waals surface area contributed by atoms with Gasteiger partial charge in [0.2, 0.25) is 5.89 Å². The molecular formula is C21H13Cl2FN2O2. The fraction of sp³-hybridized carbons (Fsp3) is 0.0476. The van der Waals surface area contributed by atoms with Gasteiger partial charge in [-0.25, -0.2) is 9.37 Å². The Labute approximate surface area is 169 Å². The van der Waals surface area contributed by atoms with Crippen molar-refractivity contribution in [2.45, 2.75) is 6.92 Å². The molecule has 0 aliphatic rings. The van der Waals surface area contributed by atoms with Gasteiger partial charge in [-0.3, -0.25) is 4.79 Å². The summed E-state index contributed by atoms with van der Waals surface area (Å²) in [5.74, 6) is -0.369. The Morgan fingerprint density at radius 2 is 1.86 bits per heavy atom. The molecule has 140 valence electrons. The Morgan fingerprint density at radius 1 is 1.11 bits per heavy atom. The van der Waals surface area contributed by atoms with Gasteiger partial charge in [-0.2, -0.15) is 0 Å². The zero-order valence-electron chi connectivity index (χ0n) is 14.6. The second kappa shape index (κ2) is 7.26. The Kier molecular flexibility index (Phi) is 4.79. The van der Waals surface area contributed by atoms with Crippen LogP contribution in [0.25, 0.3) is 22.6 Å². The average molecular weight is 415 g/mol. The molecule has 4 rings (SSSR count). The van der Waals surface area contributed by atoms with Crippen molar-refractivity contribution in [2.75, 3.05) is 5.32 Å². The van der Waals surface area contributed by atoms with E-state index in [4.69, 9.17) is 27.6 Å². The van der Waals surface area contributed by atoms with Gasteiger partial charge in [-0.1, -0.05) is 29.3 Å². The minimum atomic E-state index is -0.399. The number of halogens is 3. The molecule has 0 fully saturated rings. The van der Waals surface area contributed by atoms with Gasteiger partial charge >= 0.3 is 0 Å². The van der Waals surface area contributed by atoms with E-state index in [1.165, 1.54) is 24.3 Å². The first-order chi connectivity index (χ1) is 13.4. The van der Waals surface area contributed by atoms with Crippen LogP contribution in [0.5, 0.6) is 0 Å². The van der Waals surface area contributed by atoms with E-state index in [1.807, 2.05) is 13.0 Å². The Bertz CT molecular complexity index is 1200. The molecule has 7 heteroatoms. The molecule has 4 nitrogen and oxygen atoms in total. The maximum absolute atomic E-state index is 13.1. The fourth-order valence-corrected chi connectivity index (χ4v) is 3.39. The van der Waals surface area contributed by atoms with Crippen LogP contribution in [0.2, 0.25) is 10.0 Å². The number of rotatable bonds is 3. The Morgan fingerprint density at radius 3 is 2.61 bits per heavy atom. The number of hydrogen-bond donors (Lipinski definition) is 1. The zero-order valence-corrected chi connectivity index (χ0v) is 16.1. The molecule has 0 atom stereocenters. The molecule has 28 heavy (non-hydrogen) atoms. The van der Waals surface area contributed by atoms with Crippen molar-refractivity contribution in [3.05, 3.63) is 81.6 Å². The molecule has 3 aromatic carbocycles. The normalized spacial score (nSPS) is 11.0. The van der Waals surface area contributed by atoms with Gasteiger partial charge in [0.25, 0.3) is 5.91 Å². The minimum absolute atomic E-state index is 0.340. The van der Waals surface area contributed by atoms with Gasteiger partial charge in [0, 0.05) is 21.8 Å². The number of nitrogens with zero attached hydrogens (tertiary/aromatic N) is 1. The van der Waals surface area contributed by atoms with E-state index in [-0.39, 0.29) is 5.91 Å². The molecule has 0 aliphatic heterocycles. The van der Waals surface area contributed by atoms with E-state index < -0.39 is 5.82 Å². The number of amides is 1. The first-order valence-corrected chi connectivity index (χ1v) is 9.10. The number of nitrogens with one attached hydrogen (secondary N) is 1. The Balaban J connectivity index is 1.70. The lowest BCUT2D eigenvalue weighted by Crippen LogP contribution is -2.13. The summed E-state index contributed by atoms with van der Waals surface area (Å²) in [5, 5.41) is 3.67. The predicted molar refractivity (Wildman–Crippen MR) is 109 cm³/mol. The number of carbonyl (C=O) groups excluding carboxylic acids is 1. The fourth-order valence-electron chi connectivity index (χ4n) is 2.87. The molecule has 0 aliphatic carbocycles. The monoisotopic (exact) mass is 414 g/mol. The number of carbonyl (C=O) groups is 1. The smallest absolute Gasteiger partial charge is 0.255 e. The van der Waals surface area contributed by atoms with Crippen LogP contribution in [0.1, 0.15) is 15.9 Å². The van der Waals surface area contributed by atoms with Crippen LogP contribution in [0, 0.1) is 12.7 Å². The summed E-state index contributed by atoms with van der Waals surface area (Å²) >= 11 is 12.2. The molecule has 1 N–H and O–H groups in total. The summed E-state index contributed by atoms with van der Waals surface area (Å²) in [6, 6.07) is 14.0. The second-order valence-electron chi connectivity index (χ2n) is 6.19. The first-order valence-electron chi connectivity index (χ1n) is 8.35. The van der Waals surface area contributed by atoms with Crippen LogP contribution in [0.3, 0.4) is 0 Å². The molecule has 1 heterocycles. The number of anilines is 1. The van der Waals surface area contributed by atoms with Crippen molar-refractivity contribution in [1.29, 1.82) is 0 Å². The number of oxazole rings is 1. The summed E-state index contributed by atoms with van der Waals surface area (Å²) < 4.78 is 18.9. The summed E-state index contributed by atoms with van der Waals surface area (Å²) in [4.78, 5) is 16.9. The molecule has 1 aromatic heterocycles. The van der Waals surface area contributed by atoms with E-state index in [9.17, 15) is 9.18 Å². The van der Waals surface area contributed by atoms with Gasteiger partial charge in [0.15, 0.2) is 5.58 Å². The van der Waals surface area contributed by atoms with Crippen molar-refractivity contribution < 1.29 is 13.6 Å². The largest absolute Gasteiger partial charge is 0.434 e. The van der Waals surface area contributed by atoms with Crippen LogP contribution in [0.4, 0.5) is 10.1 Å². The third kappa shape index (κ3) is 3.46. The molecule has 0 bridgehead atoms. The first kappa shape index (κ1) is 18.5. The van der Waals surface area contributed by atoms with Crippen LogP contribution in [-0.4, -0.2) is 10.9 Å². The quantitative estimate of drug-likeness (QED) is 0.416. The van der Waals surface area contributed by atoms with Crippen molar-refractivity contribution in [1.82, 2.24) is 4.98 Å². The van der Waals surface area contributed by atoms with Crippen LogP contribution >= 0.6 is 23.2 Å². The molecular weight excluding hydrogens is 402 g/mol. The molecule has 0 radical (unpaired) electrons. The molecule has 4 aromatic rings. The Hall–Kier alpha value is -2.89. The third-order valence-corrected chi connectivity index (χ3v) is 4.83. The van der Waals surface area contributed by atoms with Crippen molar-refractivity contribution in [3.63, 3.8) is 0 Å². The maximum atomic E-state index is 13.1. The van der Waals surface area contributed by atoms with Crippen molar-refractivity contribution >= 4 is 45.9 Å². The van der Waals surface area contributed by atoms with E-state index in [1.54, 1.807) is 24.3 Å². The van der Waals surface area contributed by atoms with Crippen molar-refractivity contribution in [2.24, 2.45) is 0 Å². The SMILES string of the molecule is Cc1c(NC(=O)c2ccc(F)cc2)cccc1-c1nc2cc(Cl)cc(Cl)c2o1. The lowest BCUT2D eigenvalue weighted by Gasteiger charge is -2.11. The highest BCUT2D eigenvalue weighted by Gasteiger charge is 2.16. The van der Waals surface area contributed by atoms with E-state index in [2.05, 4.69) is 10.3 Å². The summed E-state index contributed by atoms with van der Waals surface area (Å²) in [6.45, 7) is 1.85. The van der Waals surface area contributed by atoms with E-state index in [0.29, 0.717) is 43.9 Å². The third-order valence-electron chi connectivity index (χ3n) is 4.33. The van der Waals surface area contributed by atoms with Gasteiger partial charge < -0.3 is 9.73 Å². The molecule has 0 saturated heterocycles. The average Bonchev–Trinajstić information content (AvgIpc) is 3.08. The summed E-state index contributed by atoms with van der Waals surface area (Å²) in [7, 11) is 0. The van der Waals surface area contributed by atoms with E-state index in [0.717, 1.165) is 5.56 Å². The summed E-state index contributed by atoms with van der Waals surface area (Å²) in [5.41, 5.74) is 3.42. The van der Waals surface area contributed by atoms with Crippen LogP contribution in [0.15, 0.2) is 59.0 Å². The van der Waals surface area contributed by atoms with Gasteiger partial charge in [0.1, 0.15) is 11.3 Å². The standard InChI is InChI=1S/C21H13Cl2FN2O2/c1-11-15(21-26-18-10-13(22)9-16(23)19(18)28-21)3-2-4-17(11)25-20(27)12-5-7-14(24)8-6-12/h2-10H,1H3,(H,25,27). The maximum Gasteiger partial charge on any atom is 0.255 e. The number of benzene rings is 3. The van der Waals surface area contributed by atoms with Gasteiger partial charge in [0.05, 0.1) is 5.02 Å². The predicted octanol–water partition coefficient (Wildman–Crippen LogP) is 6.50. The number of hydrogen-bond acceptors (Lipinski definition) is 3. The van der Waals surface area contributed by atoms with Crippen LogP contribution < -0.4 is 5.32 Å². The van der Waals surface area contributed by atoms with Crippen LogP contribution in [-0.2, 0) is 0 Å². The molecule has 0 spiro atoms. The van der Waals surface area contributed by atoms with Gasteiger partial charge in [-0.15, -0.1) is 0 Å². The second-order valence-corrected chi connectivity index (χ2v) is 7.04. The van der Waals surface area contributed by atoms with Crippen molar-refractivity contribution in [3.8, 4) is 11.5 Å². The zero-order chi connectivity index (χ0) is 19.8. The molecule has 0 saturated carbocycles. The number of fused-ring (bicyclic) bond motifs is 1. The number of aromatic nitrogens is 1. The lowest BCUT2D eigenvalue weighted by atomic mass is 10.1. The molecule has 0 unspecified atom stereocenters. The van der Waals surface area contributed by atoms with Gasteiger partial charge in [-0.05, 0) is 61.0 Å². The summed E-state index contributed by atoms with van der Waals surface area (Å²) in [6.07, 6.45) is 0. The van der Waals surface area contributed by atoms with E-state index >= 15 is 0 Å². The highest BCUT2D eigenvalue weighted by atomic mass is 35.5.